The zero-order valence-corrected chi connectivity index (χ0v) is 16.7. The number of ether oxygens (including phenoxy) is 1. The Kier molecular flexibility index (Phi) is 6.23. The second-order valence-electron chi connectivity index (χ2n) is 6.38. The van der Waals surface area contributed by atoms with E-state index in [1.54, 1.807) is 23.1 Å². The number of hydrogen-bond donors (Lipinski definition) is 0. The van der Waals surface area contributed by atoms with Gasteiger partial charge in [-0.1, -0.05) is 23.2 Å². The minimum absolute atomic E-state index is 0.0569. The molecule has 1 aliphatic rings. The van der Waals surface area contributed by atoms with Crippen LogP contribution in [0, 0.1) is 0 Å². The van der Waals surface area contributed by atoms with Gasteiger partial charge < -0.3 is 19.4 Å². The van der Waals surface area contributed by atoms with E-state index in [9.17, 15) is 4.79 Å². The molecule has 144 valence electrons. The minimum Gasteiger partial charge on any atom is -0.482 e. The second-order valence-corrected chi connectivity index (χ2v) is 7.22. The summed E-state index contributed by atoms with van der Waals surface area (Å²) in [5.74, 6) is 2.00. The molecule has 1 saturated heterocycles. The zero-order valence-electron chi connectivity index (χ0n) is 15.2. The Morgan fingerprint density at radius 3 is 2.44 bits per heavy atom. The first-order valence-electron chi connectivity index (χ1n) is 8.55. The van der Waals surface area contributed by atoms with Gasteiger partial charge in [0.2, 0.25) is 0 Å². The van der Waals surface area contributed by atoms with Crippen molar-refractivity contribution in [2.75, 3.05) is 56.7 Å². The van der Waals surface area contributed by atoms with E-state index in [0.29, 0.717) is 42.0 Å². The van der Waals surface area contributed by atoms with Crippen LogP contribution in [0.15, 0.2) is 30.3 Å². The number of rotatable bonds is 5. The number of hydrogen-bond acceptors (Lipinski definition) is 6. The molecule has 1 aromatic carbocycles. The summed E-state index contributed by atoms with van der Waals surface area (Å²) in [5.41, 5.74) is 0. The van der Waals surface area contributed by atoms with Gasteiger partial charge in [0.15, 0.2) is 18.2 Å². The SMILES string of the molecule is CN(C)c1ccc(N2CCN(C(=O)COc3ccc(Cl)cc3Cl)CC2)nn1. The summed E-state index contributed by atoms with van der Waals surface area (Å²) >= 11 is 11.9. The molecule has 2 heterocycles. The van der Waals surface area contributed by atoms with Gasteiger partial charge in [0.1, 0.15) is 5.75 Å². The van der Waals surface area contributed by atoms with Crippen molar-refractivity contribution in [2.45, 2.75) is 0 Å². The maximum Gasteiger partial charge on any atom is 0.260 e. The van der Waals surface area contributed by atoms with Crippen LogP contribution in [0.1, 0.15) is 0 Å². The summed E-state index contributed by atoms with van der Waals surface area (Å²) in [6.07, 6.45) is 0. The van der Waals surface area contributed by atoms with E-state index in [4.69, 9.17) is 27.9 Å². The van der Waals surface area contributed by atoms with Crippen LogP contribution in [0.25, 0.3) is 0 Å². The van der Waals surface area contributed by atoms with E-state index in [1.807, 2.05) is 31.1 Å². The lowest BCUT2D eigenvalue weighted by atomic mass is 10.3. The third-order valence-corrected chi connectivity index (χ3v) is 4.83. The quantitative estimate of drug-likeness (QED) is 0.755. The number of aromatic nitrogens is 2. The number of nitrogens with zero attached hydrogens (tertiary/aromatic N) is 5. The number of benzene rings is 1. The van der Waals surface area contributed by atoms with Crippen LogP contribution in [-0.2, 0) is 4.79 Å². The lowest BCUT2D eigenvalue weighted by Crippen LogP contribution is -2.50. The predicted octanol–water partition coefficient (Wildman–Crippen LogP) is 2.58. The largest absolute Gasteiger partial charge is 0.482 e. The van der Waals surface area contributed by atoms with Crippen molar-refractivity contribution in [3.8, 4) is 5.75 Å². The number of carbonyl (C=O) groups excluding carboxylic acids is 1. The summed E-state index contributed by atoms with van der Waals surface area (Å²) < 4.78 is 5.53. The molecule has 0 aliphatic carbocycles. The second kappa shape index (κ2) is 8.63. The zero-order chi connectivity index (χ0) is 19.4. The molecule has 2 aromatic rings. The molecule has 0 radical (unpaired) electrons. The van der Waals surface area contributed by atoms with Crippen LogP contribution >= 0.6 is 23.2 Å². The maximum absolute atomic E-state index is 12.4. The molecule has 27 heavy (non-hydrogen) atoms. The molecule has 1 aliphatic heterocycles. The molecule has 0 atom stereocenters. The average molecular weight is 410 g/mol. The third-order valence-electron chi connectivity index (χ3n) is 4.30. The van der Waals surface area contributed by atoms with Gasteiger partial charge in [0.25, 0.3) is 5.91 Å². The predicted molar refractivity (Wildman–Crippen MR) is 107 cm³/mol. The first-order valence-corrected chi connectivity index (χ1v) is 9.31. The number of piperazine rings is 1. The molecule has 7 nitrogen and oxygen atoms in total. The number of anilines is 2. The highest BCUT2D eigenvalue weighted by Crippen LogP contribution is 2.27. The third kappa shape index (κ3) is 4.93. The van der Waals surface area contributed by atoms with Gasteiger partial charge in [-0.05, 0) is 30.3 Å². The van der Waals surface area contributed by atoms with E-state index in [2.05, 4.69) is 15.1 Å². The highest BCUT2D eigenvalue weighted by atomic mass is 35.5. The van der Waals surface area contributed by atoms with Crippen molar-refractivity contribution in [3.63, 3.8) is 0 Å². The fourth-order valence-corrected chi connectivity index (χ4v) is 3.20. The van der Waals surface area contributed by atoms with Crippen molar-refractivity contribution < 1.29 is 9.53 Å². The number of halogens is 2. The van der Waals surface area contributed by atoms with Gasteiger partial charge in [-0.25, -0.2) is 0 Å². The van der Waals surface area contributed by atoms with E-state index >= 15 is 0 Å². The van der Waals surface area contributed by atoms with Crippen molar-refractivity contribution in [2.24, 2.45) is 0 Å². The Balaban J connectivity index is 1.50. The Hall–Kier alpha value is -2.25. The van der Waals surface area contributed by atoms with E-state index in [1.165, 1.54) is 0 Å². The Morgan fingerprint density at radius 2 is 1.85 bits per heavy atom. The van der Waals surface area contributed by atoms with E-state index in [-0.39, 0.29) is 12.5 Å². The summed E-state index contributed by atoms with van der Waals surface area (Å²) in [4.78, 5) is 18.2. The molecule has 0 bridgehead atoms. The lowest BCUT2D eigenvalue weighted by Gasteiger charge is -2.35. The van der Waals surface area contributed by atoms with Gasteiger partial charge in [0.05, 0.1) is 5.02 Å². The highest BCUT2D eigenvalue weighted by Gasteiger charge is 2.22. The van der Waals surface area contributed by atoms with Crippen LogP contribution < -0.4 is 14.5 Å². The monoisotopic (exact) mass is 409 g/mol. The van der Waals surface area contributed by atoms with Gasteiger partial charge in [-0.2, -0.15) is 0 Å². The average Bonchev–Trinajstić information content (AvgIpc) is 2.67. The molecular formula is C18H21Cl2N5O2. The number of amides is 1. The Labute approximate surface area is 168 Å². The van der Waals surface area contributed by atoms with Crippen LogP contribution in [0.3, 0.4) is 0 Å². The fraction of sp³-hybridized carbons (Fsp3) is 0.389. The summed E-state index contributed by atoms with van der Waals surface area (Å²) in [6.45, 7) is 2.55. The molecule has 1 fully saturated rings. The van der Waals surface area contributed by atoms with Gasteiger partial charge in [-0.3, -0.25) is 4.79 Å². The number of carbonyl (C=O) groups is 1. The first kappa shape index (κ1) is 19.5. The molecule has 0 N–H and O–H groups in total. The fourth-order valence-electron chi connectivity index (χ4n) is 2.73. The Morgan fingerprint density at radius 1 is 1.11 bits per heavy atom. The minimum atomic E-state index is -0.0743. The van der Waals surface area contributed by atoms with Crippen LogP contribution in [-0.4, -0.2) is 67.9 Å². The lowest BCUT2D eigenvalue weighted by molar-refractivity contribution is -0.133. The Bertz CT molecular complexity index is 793. The molecular weight excluding hydrogens is 389 g/mol. The van der Waals surface area contributed by atoms with Crippen LogP contribution in [0.5, 0.6) is 5.75 Å². The standard InChI is InChI=1S/C18H21Cl2N5O2/c1-23(2)16-5-6-17(22-21-16)24-7-9-25(10-8-24)18(26)12-27-15-4-3-13(19)11-14(15)20/h3-6,11H,7-10,12H2,1-2H3. The smallest absolute Gasteiger partial charge is 0.260 e. The van der Waals surface area contributed by atoms with Crippen LogP contribution in [0.2, 0.25) is 10.0 Å². The summed E-state index contributed by atoms with van der Waals surface area (Å²) in [5, 5.41) is 9.38. The van der Waals surface area contributed by atoms with Crippen molar-refractivity contribution in [3.05, 3.63) is 40.4 Å². The maximum atomic E-state index is 12.4. The highest BCUT2D eigenvalue weighted by molar-refractivity contribution is 6.35. The van der Waals surface area contributed by atoms with Gasteiger partial charge in [-0.15, -0.1) is 10.2 Å². The molecule has 0 unspecified atom stereocenters. The summed E-state index contributed by atoms with van der Waals surface area (Å²) in [6, 6.07) is 8.81. The van der Waals surface area contributed by atoms with Crippen molar-refractivity contribution >= 4 is 40.7 Å². The van der Waals surface area contributed by atoms with Crippen molar-refractivity contribution in [1.82, 2.24) is 15.1 Å². The molecule has 3 rings (SSSR count). The molecule has 0 saturated carbocycles. The van der Waals surface area contributed by atoms with Gasteiger partial charge >= 0.3 is 0 Å². The topological polar surface area (TPSA) is 61.8 Å². The van der Waals surface area contributed by atoms with E-state index in [0.717, 1.165) is 11.6 Å². The molecule has 0 spiro atoms. The van der Waals surface area contributed by atoms with E-state index < -0.39 is 0 Å². The van der Waals surface area contributed by atoms with Gasteiger partial charge in [0, 0.05) is 45.3 Å². The van der Waals surface area contributed by atoms with Crippen LogP contribution in [0.4, 0.5) is 11.6 Å². The molecule has 1 aromatic heterocycles. The van der Waals surface area contributed by atoms with Crippen molar-refractivity contribution in [1.29, 1.82) is 0 Å². The normalized spacial score (nSPS) is 14.2. The molecule has 1 amide bonds. The summed E-state index contributed by atoms with van der Waals surface area (Å²) in [7, 11) is 3.85. The molecule has 9 heteroatoms. The first-order chi connectivity index (χ1) is 12.9.